The van der Waals surface area contributed by atoms with Crippen molar-refractivity contribution in [2.45, 2.75) is 137 Å². The van der Waals surface area contributed by atoms with Gasteiger partial charge in [-0.25, -0.2) is 4.57 Å². The van der Waals surface area contributed by atoms with Crippen LogP contribution in [0.3, 0.4) is 0 Å². The second kappa shape index (κ2) is 22.2. The number of hydroxylamine groups is 3. The van der Waals surface area contributed by atoms with Crippen LogP contribution in [-0.4, -0.2) is 63.8 Å². The lowest BCUT2D eigenvalue weighted by atomic mass is 10.0. The lowest BCUT2D eigenvalue weighted by Gasteiger charge is -2.33. The first-order chi connectivity index (χ1) is 17.9. The van der Waals surface area contributed by atoms with Gasteiger partial charge in [0, 0.05) is 13.5 Å². The van der Waals surface area contributed by atoms with Crippen LogP contribution < -0.4 is 0 Å². The van der Waals surface area contributed by atoms with E-state index in [2.05, 4.69) is 6.92 Å². The average Bonchev–Trinajstić information content (AvgIpc) is 2.80. The summed E-state index contributed by atoms with van der Waals surface area (Å²) in [5.74, 6) is -0.558. The largest absolute Gasteiger partial charge is 0.521 e. The van der Waals surface area contributed by atoms with Gasteiger partial charge in [-0.1, -0.05) is 109 Å². The number of phosphoric acid groups is 1. The summed E-state index contributed by atoms with van der Waals surface area (Å²) in [6.45, 7) is 10.1. The van der Waals surface area contributed by atoms with E-state index in [1.807, 2.05) is 13.8 Å². The van der Waals surface area contributed by atoms with E-state index in [0.29, 0.717) is 6.61 Å². The number of ether oxygens (including phenoxy) is 2. The second-order valence-electron chi connectivity index (χ2n) is 11.5. The molecule has 228 valence electrons. The van der Waals surface area contributed by atoms with E-state index >= 15 is 0 Å². The van der Waals surface area contributed by atoms with Crippen molar-refractivity contribution in [2.75, 3.05) is 41.0 Å². The molecule has 38 heavy (non-hydrogen) atoms. The molecule has 8 nitrogen and oxygen atoms in total. The summed E-state index contributed by atoms with van der Waals surface area (Å²) in [5, 5.41) is 0. The quantitative estimate of drug-likeness (QED) is 0.0343. The fourth-order valence-corrected chi connectivity index (χ4v) is 6.05. The maximum Gasteiger partial charge on any atom is 0.521 e. The summed E-state index contributed by atoms with van der Waals surface area (Å²) in [7, 11) is 1.28. The van der Waals surface area contributed by atoms with E-state index in [4.69, 9.17) is 23.1 Å². The Labute approximate surface area is 234 Å². The molecule has 0 aromatic heterocycles. The number of phosphoric ester groups is 1. The van der Waals surface area contributed by atoms with Crippen LogP contribution in [0.5, 0.6) is 0 Å². The number of nitrogens with zero attached hydrogens (tertiary/aromatic N) is 1. The Kier molecular flexibility index (Phi) is 21.9. The molecule has 0 rings (SSSR count). The number of quaternary nitrogens is 1. The standard InChI is InChI=1S/C29H61NO7P/c1-9-11-12-13-14-15-16-17-18-19-20-21-22-23-24-33-25-28(35-27(5)31)29(26(3)4)36-38(32,34-10-2)37-30(6,7)8/h26,28-29H,9-25H2,1-8H3/q+1. The van der Waals surface area contributed by atoms with Gasteiger partial charge in [0.1, 0.15) is 6.10 Å². The maximum absolute atomic E-state index is 13.3. The van der Waals surface area contributed by atoms with E-state index in [-0.39, 0.29) is 23.8 Å². The Morgan fingerprint density at radius 1 is 0.789 bits per heavy atom. The number of rotatable bonds is 26. The molecular weight excluding hydrogens is 505 g/mol. The minimum absolute atomic E-state index is 0.0596. The molecule has 0 aromatic carbocycles. The van der Waals surface area contributed by atoms with Crippen LogP contribution in [0.2, 0.25) is 0 Å². The van der Waals surface area contributed by atoms with Crippen molar-refractivity contribution < 1.29 is 37.2 Å². The first-order valence-electron chi connectivity index (χ1n) is 15.1. The highest BCUT2D eigenvalue weighted by molar-refractivity contribution is 7.48. The molecule has 0 spiro atoms. The lowest BCUT2D eigenvalue weighted by Crippen LogP contribution is -2.41. The topological polar surface area (TPSA) is 80.3 Å². The van der Waals surface area contributed by atoms with Crippen LogP contribution in [0.1, 0.15) is 125 Å². The first kappa shape index (κ1) is 37.5. The highest BCUT2D eigenvalue weighted by Gasteiger charge is 2.42. The van der Waals surface area contributed by atoms with Crippen molar-refractivity contribution in [3.05, 3.63) is 0 Å². The molecule has 0 aliphatic heterocycles. The Balaban J connectivity index is 4.37. The molecule has 3 atom stereocenters. The Hall–Kier alpha value is -0.500. The summed E-state index contributed by atoms with van der Waals surface area (Å²) >= 11 is 0. The predicted molar refractivity (Wildman–Crippen MR) is 155 cm³/mol. The van der Waals surface area contributed by atoms with Gasteiger partial charge in [-0.3, -0.25) is 13.8 Å². The van der Waals surface area contributed by atoms with Gasteiger partial charge in [0.2, 0.25) is 0 Å². The molecule has 0 fully saturated rings. The van der Waals surface area contributed by atoms with Gasteiger partial charge in [-0.05, 0) is 19.3 Å². The van der Waals surface area contributed by atoms with Crippen molar-refractivity contribution in [2.24, 2.45) is 5.92 Å². The third-order valence-electron chi connectivity index (χ3n) is 6.15. The Bertz CT molecular complexity index is 625. The minimum Gasteiger partial charge on any atom is -0.457 e. The molecule has 0 saturated heterocycles. The van der Waals surface area contributed by atoms with Crippen LogP contribution in [-0.2, 0) is 32.5 Å². The molecule has 0 N–H and O–H groups in total. The van der Waals surface area contributed by atoms with Crippen LogP contribution >= 0.6 is 7.82 Å². The molecular formula is C29H61NO7P+. The molecule has 0 saturated carbocycles. The van der Waals surface area contributed by atoms with Crippen LogP contribution in [0.15, 0.2) is 0 Å². The summed E-state index contributed by atoms with van der Waals surface area (Å²) in [5.41, 5.74) is 0. The fraction of sp³-hybridized carbons (Fsp3) is 0.966. The minimum atomic E-state index is -3.90. The zero-order valence-electron chi connectivity index (χ0n) is 26.0. The lowest BCUT2D eigenvalue weighted by molar-refractivity contribution is -1.04. The monoisotopic (exact) mass is 566 g/mol. The second-order valence-corrected chi connectivity index (χ2v) is 13.0. The SMILES string of the molecule is CCCCCCCCCCCCCCCCOCC(OC(C)=O)C(OP(=O)(OCC)O[N+](C)(C)C)C(C)C. The number of unbranched alkanes of at least 4 members (excludes halogenated alkanes) is 13. The van der Waals surface area contributed by atoms with E-state index in [0.717, 1.165) is 12.8 Å². The number of carbonyl (C=O) groups is 1. The fourth-order valence-electron chi connectivity index (χ4n) is 4.31. The number of hydrogen-bond acceptors (Lipinski definition) is 7. The number of carbonyl (C=O) groups excluding carboxylic acids is 1. The smallest absolute Gasteiger partial charge is 0.457 e. The third-order valence-corrected chi connectivity index (χ3v) is 7.91. The Morgan fingerprint density at radius 2 is 1.26 bits per heavy atom. The molecule has 9 heteroatoms. The van der Waals surface area contributed by atoms with Gasteiger partial charge in [0.25, 0.3) is 0 Å². The molecule has 0 aliphatic carbocycles. The Morgan fingerprint density at radius 3 is 1.66 bits per heavy atom. The van der Waals surface area contributed by atoms with E-state index in [1.54, 1.807) is 28.1 Å². The van der Waals surface area contributed by atoms with Crippen molar-refractivity contribution in [1.29, 1.82) is 0 Å². The van der Waals surface area contributed by atoms with Crippen LogP contribution in [0, 0.1) is 5.92 Å². The average molecular weight is 567 g/mol. The van der Waals surface area contributed by atoms with Gasteiger partial charge in [0.05, 0.1) is 34.4 Å². The van der Waals surface area contributed by atoms with Gasteiger partial charge < -0.3 is 9.47 Å². The predicted octanol–water partition coefficient (Wildman–Crippen LogP) is 8.24. The molecule has 0 radical (unpaired) electrons. The zero-order valence-corrected chi connectivity index (χ0v) is 26.9. The third kappa shape index (κ3) is 21.3. The maximum atomic E-state index is 13.3. The van der Waals surface area contributed by atoms with Gasteiger partial charge in [0.15, 0.2) is 6.10 Å². The normalized spacial score (nSPS) is 15.4. The van der Waals surface area contributed by atoms with Crippen molar-refractivity contribution >= 4 is 13.8 Å². The molecule has 0 heterocycles. The van der Waals surface area contributed by atoms with Crippen molar-refractivity contribution in [3.63, 3.8) is 0 Å². The van der Waals surface area contributed by atoms with Gasteiger partial charge in [-0.15, -0.1) is 0 Å². The van der Waals surface area contributed by atoms with Crippen molar-refractivity contribution in [1.82, 2.24) is 0 Å². The van der Waals surface area contributed by atoms with Gasteiger partial charge in [-0.2, -0.15) is 4.65 Å². The molecule has 3 unspecified atom stereocenters. The highest BCUT2D eigenvalue weighted by atomic mass is 31.2. The highest BCUT2D eigenvalue weighted by Crippen LogP contribution is 2.53. The molecule has 0 aromatic rings. The van der Waals surface area contributed by atoms with Crippen molar-refractivity contribution in [3.8, 4) is 0 Å². The summed E-state index contributed by atoms with van der Waals surface area (Å²) in [6.07, 6.45) is 16.8. The first-order valence-corrected chi connectivity index (χ1v) is 16.6. The number of hydrogen-bond donors (Lipinski definition) is 0. The summed E-state index contributed by atoms with van der Waals surface area (Å²) in [6, 6.07) is 0. The molecule has 0 aliphatic rings. The summed E-state index contributed by atoms with van der Waals surface area (Å²) < 4.78 is 41.5. The summed E-state index contributed by atoms with van der Waals surface area (Å²) in [4.78, 5) is 11.8. The van der Waals surface area contributed by atoms with E-state index < -0.39 is 26.0 Å². The zero-order chi connectivity index (χ0) is 28.9. The van der Waals surface area contributed by atoms with Crippen LogP contribution in [0.25, 0.3) is 0 Å². The molecule has 0 bridgehead atoms. The van der Waals surface area contributed by atoms with Crippen LogP contribution in [0.4, 0.5) is 0 Å². The van der Waals surface area contributed by atoms with Gasteiger partial charge >= 0.3 is 13.8 Å². The van der Waals surface area contributed by atoms with E-state index in [9.17, 15) is 9.36 Å². The van der Waals surface area contributed by atoms with E-state index in [1.165, 1.54) is 84.0 Å². The number of esters is 1. The molecule has 0 amide bonds.